The van der Waals surface area contributed by atoms with Gasteiger partial charge in [-0.2, -0.15) is 5.10 Å². The van der Waals surface area contributed by atoms with Crippen LogP contribution < -0.4 is 0 Å². The maximum Gasteiger partial charge on any atom is 0.305 e. The summed E-state index contributed by atoms with van der Waals surface area (Å²) in [5, 5.41) is 4.60. The Morgan fingerprint density at radius 3 is 1.18 bits per heavy atom. The van der Waals surface area contributed by atoms with Crippen LogP contribution in [0.2, 0.25) is 0 Å². The van der Waals surface area contributed by atoms with Crippen LogP contribution in [0.15, 0.2) is 12.4 Å². The highest BCUT2D eigenvalue weighted by atomic mass is 16.6. The molecule has 0 aliphatic heterocycles. The molecule has 1 rings (SSSR count). The molecule has 0 atom stereocenters. The van der Waals surface area contributed by atoms with Gasteiger partial charge in [-0.3, -0.25) is 28.8 Å². The number of carbonyl (C=O) groups is 4. The molecule has 1 heterocycles. The molecule has 0 saturated carbocycles. The van der Waals surface area contributed by atoms with Crippen LogP contribution in [-0.2, 0) is 60.7 Å². The van der Waals surface area contributed by atoms with Gasteiger partial charge in [0.25, 0.3) is 0 Å². The SMILES string of the molecule is CCCCCCCC(=O)OCC(COCCCN(CCCOCC(COC(=O)CCCCCCC)COC(=O)CCCCCCC)Cc1cnn(CCN(C)C)c1)COC(=O)CCCCCCC. The summed E-state index contributed by atoms with van der Waals surface area (Å²) in [5.41, 5.74) is 1.13. The van der Waals surface area contributed by atoms with Gasteiger partial charge in [0, 0.05) is 76.8 Å². The Hall–Kier alpha value is -3.07. The van der Waals surface area contributed by atoms with E-state index in [4.69, 9.17) is 28.4 Å². The molecule has 0 bridgehead atoms. The molecule has 0 amide bonds. The summed E-state index contributed by atoms with van der Waals surface area (Å²) in [6.45, 7) is 14.9. The first-order valence-corrected chi connectivity index (χ1v) is 27.3. The molecule has 396 valence electrons. The Balaban J connectivity index is 2.82. The second-order valence-electron chi connectivity index (χ2n) is 19.2. The topological polar surface area (TPSA) is 148 Å². The van der Waals surface area contributed by atoms with Crippen molar-refractivity contribution in [1.29, 1.82) is 0 Å². The highest BCUT2D eigenvalue weighted by Gasteiger charge is 2.18. The predicted molar refractivity (Wildman–Crippen MR) is 271 cm³/mol. The Labute approximate surface area is 413 Å². The molecule has 0 radical (unpaired) electrons. The van der Waals surface area contributed by atoms with Crippen molar-refractivity contribution in [3.8, 4) is 0 Å². The van der Waals surface area contributed by atoms with Gasteiger partial charge in [0.05, 0.1) is 64.2 Å². The van der Waals surface area contributed by atoms with Crippen LogP contribution in [0.3, 0.4) is 0 Å². The van der Waals surface area contributed by atoms with Crippen molar-refractivity contribution < 1.29 is 47.6 Å². The van der Waals surface area contributed by atoms with E-state index in [9.17, 15) is 19.2 Å². The van der Waals surface area contributed by atoms with Gasteiger partial charge in [-0.1, -0.05) is 130 Å². The van der Waals surface area contributed by atoms with E-state index in [1.807, 2.05) is 10.9 Å². The molecule has 1 aromatic heterocycles. The zero-order chi connectivity index (χ0) is 49.7. The standard InChI is InChI=1S/C54H100N4O10/c1-7-11-15-19-23-29-51(59)65-44-49(45-66-52(60)30-24-20-16-12-8-2)42-63-37-27-33-57(40-48-39-55-58(41-48)36-35-56(5)6)34-28-38-64-43-50(46-67-53(61)31-25-21-17-13-9-3)47-68-54(62)32-26-22-18-14-10-4/h39,41,49-50H,7-38,40,42-47H2,1-6H3. The first-order valence-electron chi connectivity index (χ1n) is 27.3. The summed E-state index contributed by atoms with van der Waals surface area (Å²) >= 11 is 0. The van der Waals surface area contributed by atoms with Crippen molar-refractivity contribution in [3.63, 3.8) is 0 Å². The van der Waals surface area contributed by atoms with Gasteiger partial charge in [-0.25, -0.2) is 0 Å². The van der Waals surface area contributed by atoms with Gasteiger partial charge in [0.1, 0.15) is 0 Å². The van der Waals surface area contributed by atoms with Gasteiger partial charge in [0.2, 0.25) is 0 Å². The fourth-order valence-corrected chi connectivity index (χ4v) is 7.63. The molecule has 14 heteroatoms. The number of carbonyl (C=O) groups excluding carboxylic acids is 4. The third kappa shape index (κ3) is 38.7. The zero-order valence-electron chi connectivity index (χ0n) is 44.3. The maximum atomic E-state index is 12.6. The number of hydrogen-bond donors (Lipinski definition) is 0. The lowest BCUT2D eigenvalue weighted by Crippen LogP contribution is -2.29. The summed E-state index contributed by atoms with van der Waals surface area (Å²) < 4.78 is 36.9. The van der Waals surface area contributed by atoms with Gasteiger partial charge in [-0.05, 0) is 52.6 Å². The second kappa shape index (κ2) is 45.1. The van der Waals surface area contributed by atoms with E-state index >= 15 is 0 Å². The van der Waals surface area contributed by atoms with Crippen molar-refractivity contribution in [1.82, 2.24) is 19.6 Å². The van der Waals surface area contributed by atoms with Crippen LogP contribution in [-0.4, -0.2) is 130 Å². The smallest absolute Gasteiger partial charge is 0.305 e. The molecule has 0 aromatic carbocycles. The van der Waals surface area contributed by atoms with E-state index < -0.39 is 0 Å². The Morgan fingerprint density at radius 2 is 0.838 bits per heavy atom. The quantitative estimate of drug-likeness (QED) is 0.0347. The average Bonchev–Trinajstić information content (AvgIpc) is 3.78. The van der Waals surface area contributed by atoms with Crippen molar-refractivity contribution in [2.75, 3.05) is 86.6 Å². The largest absolute Gasteiger partial charge is 0.465 e. The number of rotatable bonds is 49. The van der Waals surface area contributed by atoms with E-state index in [1.54, 1.807) is 0 Å². The third-order valence-electron chi connectivity index (χ3n) is 12.0. The summed E-state index contributed by atoms with van der Waals surface area (Å²) in [5.74, 6) is -1.35. The van der Waals surface area contributed by atoms with E-state index in [2.05, 4.69) is 62.9 Å². The van der Waals surface area contributed by atoms with E-state index in [-0.39, 0.29) is 62.1 Å². The van der Waals surface area contributed by atoms with E-state index in [1.165, 1.54) is 25.7 Å². The number of aromatic nitrogens is 2. The maximum absolute atomic E-state index is 12.6. The number of esters is 4. The number of unbranched alkanes of at least 4 members (excludes halogenated alkanes) is 16. The minimum Gasteiger partial charge on any atom is -0.465 e. The number of nitrogens with zero attached hydrogens (tertiary/aromatic N) is 4. The van der Waals surface area contributed by atoms with Crippen LogP contribution in [0, 0.1) is 11.8 Å². The molecule has 0 aliphatic rings. The number of likely N-dealkylation sites (N-methyl/N-ethyl adjacent to an activating group) is 1. The third-order valence-corrected chi connectivity index (χ3v) is 12.0. The number of hydrogen-bond acceptors (Lipinski definition) is 13. The Bertz CT molecular complexity index is 1230. The van der Waals surface area contributed by atoms with E-state index in [0.717, 1.165) is 154 Å². The minimum absolute atomic E-state index is 0.158. The molecular formula is C54H100N4O10. The molecule has 0 saturated heterocycles. The highest BCUT2D eigenvalue weighted by molar-refractivity contribution is 5.70. The minimum atomic E-state index is -0.244. The predicted octanol–water partition coefficient (Wildman–Crippen LogP) is 10.9. The van der Waals surface area contributed by atoms with Crippen LogP contribution in [0.4, 0.5) is 0 Å². The fourth-order valence-electron chi connectivity index (χ4n) is 7.63. The van der Waals surface area contributed by atoms with Gasteiger partial charge < -0.3 is 33.3 Å². The van der Waals surface area contributed by atoms with Crippen molar-refractivity contribution in [3.05, 3.63) is 18.0 Å². The second-order valence-corrected chi connectivity index (χ2v) is 19.2. The summed E-state index contributed by atoms with van der Waals surface area (Å²) in [6.07, 6.45) is 28.3. The van der Waals surface area contributed by atoms with Gasteiger partial charge in [0.15, 0.2) is 0 Å². The first-order chi connectivity index (χ1) is 33.1. The zero-order valence-corrected chi connectivity index (χ0v) is 44.3. The highest BCUT2D eigenvalue weighted by Crippen LogP contribution is 2.13. The molecule has 14 nitrogen and oxygen atoms in total. The molecule has 0 fully saturated rings. The molecule has 0 unspecified atom stereocenters. The molecule has 0 spiro atoms. The lowest BCUT2D eigenvalue weighted by Gasteiger charge is -2.23. The molecular weight excluding hydrogens is 865 g/mol. The van der Waals surface area contributed by atoms with Crippen molar-refractivity contribution >= 4 is 23.9 Å². The molecule has 0 N–H and O–H groups in total. The van der Waals surface area contributed by atoms with Gasteiger partial charge >= 0.3 is 23.9 Å². The fraction of sp³-hybridized carbons (Fsp3) is 0.870. The van der Waals surface area contributed by atoms with E-state index in [0.29, 0.717) is 52.1 Å². The first kappa shape index (κ1) is 62.9. The monoisotopic (exact) mass is 965 g/mol. The molecule has 68 heavy (non-hydrogen) atoms. The van der Waals surface area contributed by atoms with Crippen LogP contribution in [0.1, 0.15) is 200 Å². The van der Waals surface area contributed by atoms with Crippen molar-refractivity contribution in [2.24, 2.45) is 11.8 Å². The number of ether oxygens (including phenoxy) is 6. The van der Waals surface area contributed by atoms with Gasteiger partial charge in [-0.15, -0.1) is 0 Å². The Morgan fingerprint density at radius 1 is 0.485 bits per heavy atom. The van der Waals surface area contributed by atoms with Crippen molar-refractivity contribution in [2.45, 2.75) is 208 Å². The van der Waals surface area contributed by atoms with Crippen LogP contribution in [0.25, 0.3) is 0 Å². The lowest BCUT2D eigenvalue weighted by molar-refractivity contribution is -0.152. The molecule has 0 aliphatic carbocycles. The summed E-state index contributed by atoms with van der Waals surface area (Å²) in [7, 11) is 4.11. The lowest BCUT2D eigenvalue weighted by atomic mass is 10.1. The summed E-state index contributed by atoms with van der Waals surface area (Å²) in [6, 6.07) is 0. The van der Waals surface area contributed by atoms with Crippen LogP contribution >= 0.6 is 0 Å². The van der Waals surface area contributed by atoms with Crippen LogP contribution in [0.5, 0.6) is 0 Å². The molecule has 1 aromatic rings. The summed E-state index contributed by atoms with van der Waals surface area (Å²) in [4.78, 5) is 54.8. The Kier molecular flexibility index (Phi) is 41.7. The average molecular weight is 965 g/mol. The normalized spacial score (nSPS) is 11.6.